The van der Waals surface area contributed by atoms with Crippen LogP contribution in [0.5, 0.6) is 0 Å². The lowest BCUT2D eigenvalue weighted by Gasteiger charge is -2.35. The summed E-state index contributed by atoms with van der Waals surface area (Å²) in [6.07, 6.45) is 2.43. The zero-order valence-corrected chi connectivity index (χ0v) is 13.1. The van der Waals surface area contributed by atoms with Crippen molar-refractivity contribution >= 4 is 0 Å². The second-order valence-corrected chi connectivity index (χ2v) is 5.71. The summed E-state index contributed by atoms with van der Waals surface area (Å²) in [6.45, 7) is 8.26. The lowest BCUT2D eigenvalue weighted by molar-refractivity contribution is -0.0381. The maximum absolute atomic E-state index is 5.98. The van der Waals surface area contributed by atoms with E-state index in [1.807, 2.05) is 0 Å². The number of aryl methyl sites for hydroxylation is 1. The first-order valence-electron chi connectivity index (χ1n) is 7.84. The van der Waals surface area contributed by atoms with Gasteiger partial charge in [0.25, 0.3) is 0 Å². The molecule has 3 heteroatoms. The van der Waals surface area contributed by atoms with Gasteiger partial charge in [0.2, 0.25) is 0 Å². The van der Waals surface area contributed by atoms with E-state index < -0.39 is 0 Å². The Morgan fingerprint density at radius 2 is 1.95 bits per heavy atom. The molecule has 0 spiro atoms. The highest BCUT2D eigenvalue weighted by Crippen LogP contribution is 2.14. The summed E-state index contributed by atoms with van der Waals surface area (Å²) in [6, 6.07) is 9.40. The van der Waals surface area contributed by atoms with Gasteiger partial charge >= 0.3 is 0 Å². The van der Waals surface area contributed by atoms with Gasteiger partial charge in [-0.2, -0.15) is 0 Å². The minimum atomic E-state index is 0.291. The van der Waals surface area contributed by atoms with Crippen LogP contribution in [0.1, 0.15) is 25.0 Å². The lowest BCUT2D eigenvalue weighted by atomic mass is 9.98. The molecule has 1 N–H and O–H groups in total. The van der Waals surface area contributed by atoms with Crippen LogP contribution >= 0.6 is 0 Å². The molecule has 1 fully saturated rings. The highest BCUT2D eigenvalue weighted by molar-refractivity contribution is 5.23. The lowest BCUT2D eigenvalue weighted by Crippen LogP contribution is -2.52. The Balaban J connectivity index is 2.00. The van der Waals surface area contributed by atoms with Gasteiger partial charge in [-0.05, 0) is 37.6 Å². The molecule has 0 aromatic heterocycles. The van der Waals surface area contributed by atoms with Gasteiger partial charge in [-0.3, -0.25) is 0 Å². The summed E-state index contributed by atoms with van der Waals surface area (Å²) in [7, 11) is 2.18. The molecule has 0 saturated carbocycles. The SMILES string of the molecule is CCNC(Cc1ccc(CC)cc1)C1CN(C)CCO1. The first kappa shape index (κ1) is 15.5. The van der Waals surface area contributed by atoms with Crippen LogP contribution in [0.25, 0.3) is 0 Å². The van der Waals surface area contributed by atoms with Gasteiger partial charge in [0.15, 0.2) is 0 Å². The fourth-order valence-corrected chi connectivity index (χ4v) is 2.82. The normalized spacial score (nSPS) is 21.9. The van der Waals surface area contributed by atoms with E-state index in [4.69, 9.17) is 4.74 Å². The molecule has 0 amide bonds. The van der Waals surface area contributed by atoms with Crippen molar-refractivity contribution < 1.29 is 4.74 Å². The smallest absolute Gasteiger partial charge is 0.0858 e. The average molecular weight is 276 g/mol. The molecule has 1 heterocycles. The Morgan fingerprint density at radius 3 is 2.55 bits per heavy atom. The van der Waals surface area contributed by atoms with Crippen LogP contribution in [0.2, 0.25) is 0 Å². The molecule has 1 aromatic rings. The first-order valence-corrected chi connectivity index (χ1v) is 7.84. The number of nitrogens with zero attached hydrogens (tertiary/aromatic N) is 1. The molecule has 0 aliphatic carbocycles. The summed E-state index contributed by atoms with van der Waals surface area (Å²) in [5.74, 6) is 0. The van der Waals surface area contributed by atoms with Crippen molar-refractivity contribution in [2.45, 2.75) is 38.8 Å². The molecule has 20 heavy (non-hydrogen) atoms. The summed E-state index contributed by atoms with van der Waals surface area (Å²) in [4.78, 5) is 2.36. The molecule has 1 saturated heterocycles. The number of hydrogen-bond acceptors (Lipinski definition) is 3. The van der Waals surface area contributed by atoms with Gasteiger partial charge in [-0.25, -0.2) is 0 Å². The zero-order valence-electron chi connectivity index (χ0n) is 13.1. The average Bonchev–Trinajstić information content (AvgIpc) is 2.47. The van der Waals surface area contributed by atoms with Crippen molar-refractivity contribution in [3.63, 3.8) is 0 Å². The topological polar surface area (TPSA) is 24.5 Å². The predicted molar refractivity (Wildman–Crippen MR) is 84.2 cm³/mol. The Hall–Kier alpha value is -0.900. The quantitative estimate of drug-likeness (QED) is 0.861. The minimum absolute atomic E-state index is 0.291. The summed E-state index contributed by atoms with van der Waals surface area (Å²) < 4.78 is 5.98. The number of benzene rings is 1. The third-order valence-electron chi connectivity index (χ3n) is 4.10. The number of hydrogen-bond donors (Lipinski definition) is 1. The van der Waals surface area contributed by atoms with E-state index in [0.717, 1.165) is 39.1 Å². The van der Waals surface area contributed by atoms with Crippen LogP contribution in [0, 0.1) is 0 Å². The summed E-state index contributed by atoms with van der Waals surface area (Å²) in [5.41, 5.74) is 2.80. The van der Waals surface area contributed by atoms with Gasteiger partial charge in [-0.1, -0.05) is 38.1 Å². The van der Waals surface area contributed by atoms with E-state index >= 15 is 0 Å². The molecule has 0 radical (unpaired) electrons. The number of morpholine rings is 1. The van der Waals surface area contributed by atoms with E-state index in [9.17, 15) is 0 Å². The number of likely N-dealkylation sites (N-methyl/N-ethyl adjacent to an activating group) is 2. The molecule has 1 aromatic carbocycles. The number of nitrogens with one attached hydrogen (secondary N) is 1. The van der Waals surface area contributed by atoms with Crippen molar-refractivity contribution in [2.24, 2.45) is 0 Å². The fraction of sp³-hybridized carbons (Fsp3) is 0.647. The van der Waals surface area contributed by atoms with Gasteiger partial charge < -0.3 is 15.0 Å². The van der Waals surface area contributed by atoms with Gasteiger partial charge in [0.05, 0.1) is 12.7 Å². The zero-order chi connectivity index (χ0) is 14.4. The third kappa shape index (κ3) is 4.30. The molecule has 2 atom stereocenters. The Kier molecular flexibility index (Phi) is 6.02. The van der Waals surface area contributed by atoms with Gasteiger partial charge in [-0.15, -0.1) is 0 Å². The molecule has 3 nitrogen and oxygen atoms in total. The van der Waals surface area contributed by atoms with Gasteiger partial charge in [0.1, 0.15) is 0 Å². The summed E-state index contributed by atoms with van der Waals surface area (Å²) >= 11 is 0. The van der Waals surface area contributed by atoms with Crippen LogP contribution in [-0.4, -0.2) is 50.3 Å². The Morgan fingerprint density at radius 1 is 1.25 bits per heavy atom. The van der Waals surface area contributed by atoms with Crippen LogP contribution in [-0.2, 0) is 17.6 Å². The Labute approximate surface area is 123 Å². The molecule has 0 bridgehead atoms. The predicted octanol–water partition coefficient (Wildman–Crippen LogP) is 2.10. The fourth-order valence-electron chi connectivity index (χ4n) is 2.82. The second kappa shape index (κ2) is 7.77. The highest BCUT2D eigenvalue weighted by atomic mass is 16.5. The van der Waals surface area contributed by atoms with Crippen molar-refractivity contribution in [3.8, 4) is 0 Å². The standard InChI is InChI=1S/C17H28N2O/c1-4-14-6-8-15(9-7-14)12-16(18-5-2)17-13-19(3)10-11-20-17/h6-9,16-18H,4-5,10-13H2,1-3H3. The van der Waals surface area contributed by atoms with E-state index in [0.29, 0.717) is 12.1 Å². The van der Waals surface area contributed by atoms with Crippen molar-refractivity contribution in [1.29, 1.82) is 0 Å². The van der Waals surface area contributed by atoms with Crippen LogP contribution in [0.4, 0.5) is 0 Å². The monoisotopic (exact) mass is 276 g/mol. The molecule has 2 unspecified atom stereocenters. The van der Waals surface area contributed by atoms with Crippen LogP contribution in [0.3, 0.4) is 0 Å². The maximum Gasteiger partial charge on any atom is 0.0858 e. The minimum Gasteiger partial charge on any atom is -0.374 e. The second-order valence-electron chi connectivity index (χ2n) is 5.71. The Bertz CT molecular complexity index is 390. The van der Waals surface area contributed by atoms with E-state index in [2.05, 4.69) is 55.4 Å². The molecule has 2 rings (SSSR count). The molecular formula is C17H28N2O. The first-order chi connectivity index (χ1) is 9.72. The molecular weight excluding hydrogens is 248 g/mol. The van der Waals surface area contributed by atoms with Crippen molar-refractivity contribution in [2.75, 3.05) is 33.3 Å². The van der Waals surface area contributed by atoms with Crippen molar-refractivity contribution in [1.82, 2.24) is 10.2 Å². The third-order valence-corrected chi connectivity index (χ3v) is 4.10. The molecule has 1 aliphatic rings. The van der Waals surface area contributed by atoms with E-state index in [1.165, 1.54) is 11.1 Å². The number of ether oxygens (including phenoxy) is 1. The highest BCUT2D eigenvalue weighted by Gasteiger charge is 2.26. The van der Waals surface area contributed by atoms with Crippen LogP contribution in [0.15, 0.2) is 24.3 Å². The van der Waals surface area contributed by atoms with Crippen molar-refractivity contribution in [3.05, 3.63) is 35.4 Å². The summed E-state index contributed by atoms with van der Waals surface area (Å²) in [5, 5.41) is 3.60. The van der Waals surface area contributed by atoms with E-state index in [1.54, 1.807) is 0 Å². The molecule has 1 aliphatic heterocycles. The maximum atomic E-state index is 5.98. The van der Waals surface area contributed by atoms with Crippen LogP contribution < -0.4 is 5.32 Å². The number of rotatable bonds is 6. The van der Waals surface area contributed by atoms with E-state index in [-0.39, 0.29) is 0 Å². The molecule has 112 valence electrons. The largest absolute Gasteiger partial charge is 0.374 e. The van der Waals surface area contributed by atoms with Gasteiger partial charge in [0, 0.05) is 19.1 Å².